The zero-order valence-electron chi connectivity index (χ0n) is 25.5. The Morgan fingerprint density at radius 2 is 1.57 bits per heavy atom. The molecule has 4 aliphatic carbocycles. The van der Waals surface area contributed by atoms with Gasteiger partial charge in [0, 0.05) is 6.04 Å². The molecule has 0 aromatic carbocycles. The van der Waals surface area contributed by atoms with Crippen molar-refractivity contribution in [1.29, 1.82) is 0 Å². The summed E-state index contributed by atoms with van der Waals surface area (Å²) in [6.07, 6.45) is 19.4. The van der Waals surface area contributed by atoms with E-state index < -0.39 is 0 Å². The van der Waals surface area contributed by atoms with Crippen LogP contribution in [0.4, 0.5) is 0 Å². The minimum Gasteiger partial charge on any atom is -0.348 e. The quantitative estimate of drug-likeness (QED) is 0.345. The number of nitrogens with zero attached hydrogens (tertiary/aromatic N) is 1. The maximum absolute atomic E-state index is 13.1. The Bertz CT molecular complexity index is 802. The number of carbonyl (C=O) groups excluding carboxylic acids is 1. The monoisotopic (exact) mass is 513 g/mol. The fraction of sp³-hybridized carbons (Fsp3) is 0.971. The molecule has 37 heavy (non-hydrogen) atoms. The van der Waals surface area contributed by atoms with Crippen LogP contribution in [0.5, 0.6) is 0 Å². The van der Waals surface area contributed by atoms with Gasteiger partial charge in [-0.25, -0.2) is 0 Å². The second-order valence-electron chi connectivity index (χ2n) is 16.2. The van der Waals surface area contributed by atoms with Crippen LogP contribution < -0.4 is 5.32 Å². The van der Waals surface area contributed by atoms with Crippen LogP contribution in [-0.4, -0.2) is 43.1 Å². The molecular weight excluding hydrogens is 452 g/mol. The van der Waals surface area contributed by atoms with Gasteiger partial charge < -0.3 is 9.80 Å². The Labute approximate surface area is 229 Å². The standard InChI is InChI=1S/C34H60N2O/c1-24(2)10-11-25(3)29-14-15-30-28-13-12-26-22-27(35-32(37)23-36(6)20-8-7-9-21-36)16-18-33(26,4)31(28)17-19-34(29,30)5/h24-31H,7-23H2,1-6H3/p+1/t25-,26-,27-,28-,29-,30-,31-,33-,34+/m0/s1. The number of likely N-dealkylation sites (tertiary alicyclic amines) is 1. The van der Waals surface area contributed by atoms with Crippen LogP contribution in [0.2, 0.25) is 0 Å². The first-order chi connectivity index (χ1) is 17.5. The lowest BCUT2D eigenvalue weighted by atomic mass is 9.44. The molecule has 1 saturated heterocycles. The molecule has 9 atom stereocenters. The van der Waals surface area contributed by atoms with Crippen molar-refractivity contribution in [2.75, 3.05) is 26.7 Å². The highest BCUT2D eigenvalue weighted by Crippen LogP contribution is 2.68. The van der Waals surface area contributed by atoms with E-state index >= 15 is 0 Å². The second-order valence-corrected chi connectivity index (χ2v) is 16.2. The van der Waals surface area contributed by atoms with E-state index in [0.717, 1.165) is 45.9 Å². The zero-order valence-corrected chi connectivity index (χ0v) is 25.5. The largest absolute Gasteiger partial charge is 0.348 e. The number of nitrogens with one attached hydrogen (secondary N) is 1. The van der Waals surface area contributed by atoms with Crippen molar-refractivity contribution < 1.29 is 9.28 Å². The van der Waals surface area contributed by atoms with Gasteiger partial charge in [0.25, 0.3) is 5.91 Å². The Hall–Kier alpha value is -0.570. The number of hydrogen-bond donors (Lipinski definition) is 1. The number of hydrogen-bond acceptors (Lipinski definition) is 1. The van der Waals surface area contributed by atoms with E-state index in [-0.39, 0.29) is 0 Å². The van der Waals surface area contributed by atoms with Gasteiger partial charge in [0.05, 0.1) is 20.1 Å². The molecule has 0 radical (unpaired) electrons. The van der Waals surface area contributed by atoms with Crippen LogP contribution in [0.3, 0.4) is 0 Å². The lowest BCUT2D eigenvalue weighted by Gasteiger charge is -2.61. The molecule has 5 aliphatic rings. The molecule has 0 unspecified atom stereocenters. The average Bonchev–Trinajstić information content (AvgIpc) is 3.20. The van der Waals surface area contributed by atoms with E-state index in [1.165, 1.54) is 103 Å². The molecule has 5 rings (SSSR count). The molecule has 212 valence electrons. The summed E-state index contributed by atoms with van der Waals surface area (Å²) in [4.78, 5) is 13.1. The molecule has 1 heterocycles. The number of quaternary nitrogens is 1. The fourth-order valence-electron chi connectivity index (χ4n) is 11.2. The van der Waals surface area contributed by atoms with Gasteiger partial charge in [0.15, 0.2) is 6.54 Å². The first-order valence-electron chi connectivity index (χ1n) is 16.7. The van der Waals surface area contributed by atoms with Gasteiger partial charge in [-0.3, -0.25) is 4.79 Å². The number of amides is 1. The molecule has 4 saturated carbocycles. The highest BCUT2D eigenvalue weighted by Gasteiger charge is 2.60. The van der Waals surface area contributed by atoms with Crippen LogP contribution in [0.25, 0.3) is 0 Å². The molecule has 1 N–H and O–H groups in total. The number of rotatable bonds is 7. The summed E-state index contributed by atoms with van der Waals surface area (Å²) in [5, 5.41) is 3.54. The summed E-state index contributed by atoms with van der Waals surface area (Å²) < 4.78 is 0.959. The molecule has 3 heteroatoms. The normalized spacial score (nSPS) is 44.0. The van der Waals surface area contributed by atoms with Crippen molar-refractivity contribution in [3.63, 3.8) is 0 Å². The average molecular weight is 514 g/mol. The first-order valence-corrected chi connectivity index (χ1v) is 16.7. The lowest BCUT2D eigenvalue weighted by Crippen LogP contribution is -2.57. The third-order valence-corrected chi connectivity index (χ3v) is 13.4. The summed E-state index contributed by atoms with van der Waals surface area (Å²) in [6.45, 7) is 15.8. The summed E-state index contributed by atoms with van der Waals surface area (Å²) >= 11 is 0. The fourth-order valence-corrected chi connectivity index (χ4v) is 11.2. The van der Waals surface area contributed by atoms with Crippen molar-refractivity contribution in [3.8, 4) is 0 Å². The minimum absolute atomic E-state index is 0.323. The predicted molar refractivity (Wildman–Crippen MR) is 155 cm³/mol. The van der Waals surface area contributed by atoms with Crippen molar-refractivity contribution >= 4 is 5.91 Å². The van der Waals surface area contributed by atoms with Gasteiger partial charge in [-0.2, -0.15) is 0 Å². The molecule has 0 aromatic heterocycles. The van der Waals surface area contributed by atoms with Crippen molar-refractivity contribution in [2.45, 2.75) is 131 Å². The Morgan fingerprint density at radius 1 is 0.865 bits per heavy atom. The van der Waals surface area contributed by atoms with Crippen LogP contribution in [0.15, 0.2) is 0 Å². The number of piperidine rings is 1. The summed E-state index contributed by atoms with van der Waals surface area (Å²) in [5.41, 5.74) is 1.11. The van der Waals surface area contributed by atoms with E-state index in [0.29, 0.717) is 29.3 Å². The molecule has 5 fully saturated rings. The first kappa shape index (κ1) is 28.0. The van der Waals surface area contributed by atoms with Gasteiger partial charge in [-0.1, -0.05) is 47.5 Å². The minimum atomic E-state index is 0.323. The Balaban J connectivity index is 1.19. The van der Waals surface area contributed by atoms with Crippen molar-refractivity contribution in [1.82, 2.24) is 5.32 Å². The third kappa shape index (κ3) is 5.43. The molecule has 0 bridgehead atoms. The van der Waals surface area contributed by atoms with Gasteiger partial charge >= 0.3 is 0 Å². The Morgan fingerprint density at radius 3 is 2.30 bits per heavy atom. The third-order valence-electron chi connectivity index (χ3n) is 13.4. The molecule has 3 nitrogen and oxygen atoms in total. The van der Waals surface area contributed by atoms with Crippen LogP contribution >= 0.6 is 0 Å². The van der Waals surface area contributed by atoms with Crippen molar-refractivity contribution in [3.05, 3.63) is 0 Å². The maximum atomic E-state index is 13.1. The second kappa shape index (κ2) is 10.8. The molecule has 1 aliphatic heterocycles. The van der Waals surface area contributed by atoms with Crippen molar-refractivity contribution in [2.24, 2.45) is 52.3 Å². The smallest absolute Gasteiger partial charge is 0.275 e. The highest BCUT2D eigenvalue weighted by atomic mass is 16.2. The number of likely N-dealkylation sites (N-methyl/N-ethyl adjacent to an activating group) is 1. The van der Waals surface area contributed by atoms with Gasteiger partial charge in [-0.15, -0.1) is 0 Å². The molecule has 0 spiro atoms. The molecule has 1 amide bonds. The van der Waals surface area contributed by atoms with E-state index in [1.807, 2.05) is 0 Å². The highest BCUT2D eigenvalue weighted by molar-refractivity contribution is 5.77. The van der Waals surface area contributed by atoms with E-state index in [9.17, 15) is 4.79 Å². The maximum Gasteiger partial charge on any atom is 0.275 e. The number of fused-ring (bicyclic) bond motifs is 5. The van der Waals surface area contributed by atoms with Crippen LogP contribution in [0, 0.1) is 52.3 Å². The van der Waals surface area contributed by atoms with Crippen LogP contribution in [-0.2, 0) is 4.79 Å². The lowest BCUT2D eigenvalue weighted by molar-refractivity contribution is -0.906. The van der Waals surface area contributed by atoms with Gasteiger partial charge in [0.1, 0.15) is 0 Å². The summed E-state index contributed by atoms with van der Waals surface area (Å²) in [6, 6.07) is 0.421. The van der Waals surface area contributed by atoms with E-state index in [2.05, 4.69) is 47.0 Å². The van der Waals surface area contributed by atoms with Crippen LogP contribution in [0.1, 0.15) is 125 Å². The Kier molecular flexibility index (Phi) is 8.15. The zero-order chi connectivity index (χ0) is 26.4. The summed E-state index contributed by atoms with van der Waals surface area (Å²) in [5.74, 6) is 6.71. The van der Waals surface area contributed by atoms with E-state index in [4.69, 9.17) is 0 Å². The molecular formula is C34H61N2O+. The molecule has 0 aromatic rings. The van der Waals surface area contributed by atoms with Gasteiger partial charge in [0.2, 0.25) is 0 Å². The predicted octanol–water partition coefficient (Wildman–Crippen LogP) is 7.83. The SMILES string of the molecule is CC(C)CC[C@H](C)[C@@H]1CC[C@H]2[C@@H]3CC[C@H]4C[C@@H](NC(=O)C[N+]5(C)CCCCC5)CC[C@]4(C)[C@H]3CC[C@@]21C. The van der Waals surface area contributed by atoms with Gasteiger partial charge in [-0.05, 0) is 129 Å². The topological polar surface area (TPSA) is 29.1 Å². The number of carbonyl (C=O) groups is 1. The summed E-state index contributed by atoms with van der Waals surface area (Å²) in [7, 11) is 2.30. The van der Waals surface area contributed by atoms with E-state index in [1.54, 1.807) is 0 Å².